The maximum Gasteiger partial charge on any atom is 0.203 e. The largest absolute Gasteiger partial charge is 0.352 e. The fourth-order valence-corrected chi connectivity index (χ4v) is 1.77. The molecule has 1 atom stereocenters. The number of hydrogen-bond acceptors (Lipinski definition) is 2. The van der Waals surface area contributed by atoms with Gasteiger partial charge in [-0.1, -0.05) is 13.8 Å². The summed E-state index contributed by atoms with van der Waals surface area (Å²) in [4.78, 5) is 4.48. The van der Waals surface area contributed by atoms with Crippen LogP contribution in [0, 0.1) is 12.3 Å². The van der Waals surface area contributed by atoms with Gasteiger partial charge in [0.05, 0.1) is 5.69 Å². The van der Waals surface area contributed by atoms with E-state index in [4.69, 9.17) is 0 Å². The molecule has 0 spiro atoms. The average molecular weight is 193 g/mol. The molecule has 0 aliphatic heterocycles. The molecule has 1 heterocycles. The molecule has 1 unspecified atom stereocenters. The van der Waals surface area contributed by atoms with Crippen LogP contribution < -0.4 is 5.32 Å². The smallest absolute Gasteiger partial charge is 0.203 e. The van der Waals surface area contributed by atoms with Crippen molar-refractivity contribution < 1.29 is 0 Å². The number of imidazole rings is 1. The Morgan fingerprint density at radius 2 is 2.29 bits per heavy atom. The monoisotopic (exact) mass is 193 g/mol. The number of aromatic nitrogens is 2. The van der Waals surface area contributed by atoms with Crippen LogP contribution in [0.2, 0.25) is 0 Å². The Labute approximate surface area is 85.5 Å². The van der Waals surface area contributed by atoms with Gasteiger partial charge in [0.2, 0.25) is 5.95 Å². The minimum Gasteiger partial charge on any atom is -0.352 e. The van der Waals surface area contributed by atoms with Crippen LogP contribution in [0.5, 0.6) is 0 Å². The van der Waals surface area contributed by atoms with Crippen LogP contribution in [-0.2, 0) is 6.54 Å². The highest BCUT2D eigenvalue weighted by molar-refractivity contribution is 5.34. The molecule has 3 heteroatoms. The lowest BCUT2D eigenvalue weighted by Gasteiger charge is -2.08. The molecule has 1 saturated carbocycles. The molecule has 2 rings (SSSR count). The molecule has 3 nitrogen and oxygen atoms in total. The first-order valence-electron chi connectivity index (χ1n) is 5.33. The molecule has 14 heavy (non-hydrogen) atoms. The van der Waals surface area contributed by atoms with Crippen molar-refractivity contribution in [2.45, 2.75) is 46.7 Å². The summed E-state index contributed by atoms with van der Waals surface area (Å²) in [6.07, 6.45) is 3.35. The highest BCUT2D eigenvalue weighted by Crippen LogP contribution is 2.46. The lowest BCUT2D eigenvalue weighted by molar-refractivity contribution is 0.625. The number of nitrogens with one attached hydrogen (secondary N) is 1. The second-order valence-electron chi connectivity index (χ2n) is 4.88. The first-order chi connectivity index (χ1) is 6.53. The molecule has 1 aliphatic carbocycles. The van der Waals surface area contributed by atoms with Gasteiger partial charge >= 0.3 is 0 Å². The minimum absolute atomic E-state index is 0.457. The number of anilines is 1. The maximum atomic E-state index is 4.48. The van der Waals surface area contributed by atoms with E-state index in [0.29, 0.717) is 11.5 Å². The quantitative estimate of drug-likeness (QED) is 0.799. The van der Waals surface area contributed by atoms with E-state index in [-0.39, 0.29) is 0 Å². The summed E-state index contributed by atoms with van der Waals surface area (Å²) in [5, 5.41) is 3.50. The molecule has 0 radical (unpaired) electrons. The van der Waals surface area contributed by atoms with E-state index in [9.17, 15) is 0 Å². The molecular weight excluding hydrogens is 174 g/mol. The summed E-state index contributed by atoms with van der Waals surface area (Å²) >= 11 is 0. The van der Waals surface area contributed by atoms with Crippen LogP contribution in [-0.4, -0.2) is 15.6 Å². The van der Waals surface area contributed by atoms with Gasteiger partial charge in [-0.25, -0.2) is 4.98 Å². The Balaban J connectivity index is 2.09. The van der Waals surface area contributed by atoms with Crippen LogP contribution in [0.1, 0.15) is 32.9 Å². The first-order valence-corrected chi connectivity index (χ1v) is 5.33. The summed E-state index contributed by atoms with van der Waals surface area (Å²) in [5.41, 5.74) is 1.55. The molecule has 78 valence electrons. The molecule has 1 fully saturated rings. The van der Waals surface area contributed by atoms with Gasteiger partial charge in [0, 0.05) is 18.8 Å². The van der Waals surface area contributed by atoms with E-state index in [2.05, 4.69) is 41.8 Å². The van der Waals surface area contributed by atoms with Gasteiger partial charge in [0.25, 0.3) is 0 Å². The fourth-order valence-electron chi connectivity index (χ4n) is 1.77. The molecular formula is C11H19N3. The zero-order valence-electron chi connectivity index (χ0n) is 9.46. The van der Waals surface area contributed by atoms with E-state index in [1.807, 2.05) is 6.92 Å². The van der Waals surface area contributed by atoms with Crippen LogP contribution in [0.4, 0.5) is 5.95 Å². The van der Waals surface area contributed by atoms with Gasteiger partial charge in [-0.05, 0) is 25.7 Å². The Kier molecular flexibility index (Phi) is 2.05. The first kappa shape index (κ1) is 9.56. The molecule has 1 aromatic heterocycles. The van der Waals surface area contributed by atoms with Gasteiger partial charge in [-0.3, -0.25) is 0 Å². The summed E-state index contributed by atoms with van der Waals surface area (Å²) in [6, 6.07) is 0.606. The third kappa shape index (κ3) is 1.63. The van der Waals surface area contributed by atoms with Crippen molar-refractivity contribution in [3.8, 4) is 0 Å². The Hall–Kier alpha value is -0.990. The van der Waals surface area contributed by atoms with Crippen molar-refractivity contribution in [3.63, 3.8) is 0 Å². The van der Waals surface area contributed by atoms with E-state index < -0.39 is 0 Å². The fraction of sp³-hybridized carbons (Fsp3) is 0.727. The number of rotatable bonds is 3. The third-order valence-corrected chi connectivity index (χ3v) is 3.05. The molecule has 0 aromatic carbocycles. The van der Waals surface area contributed by atoms with Gasteiger partial charge in [-0.15, -0.1) is 0 Å². The topological polar surface area (TPSA) is 29.9 Å². The van der Waals surface area contributed by atoms with Crippen LogP contribution >= 0.6 is 0 Å². The lowest BCUT2D eigenvalue weighted by atomic mass is 10.2. The SMILES string of the molecule is CCn1cc(C)nc1NC1CC1(C)C. The number of hydrogen-bond donors (Lipinski definition) is 1. The predicted octanol–water partition coefficient (Wildman–Crippen LogP) is 2.42. The van der Waals surface area contributed by atoms with Gasteiger partial charge < -0.3 is 9.88 Å². The van der Waals surface area contributed by atoms with Gasteiger partial charge in [0.15, 0.2) is 0 Å². The van der Waals surface area contributed by atoms with Crippen molar-refractivity contribution in [2.75, 3.05) is 5.32 Å². The third-order valence-electron chi connectivity index (χ3n) is 3.05. The summed E-state index contributed by atoms with van der Waals surface area (Å²) in [6.45, 7) is 9.74. The van der Waals surface area contributed by atoms with Crippen molar-refractivity contribution in [3.05, 3.63) is 11.9 Å². The van der Waals surface area contributed by atoms with Gasteiger partial charge in [0.1, 0.15) is 0 Å². The molecule has 1 aliphatic rings. The van der Waals surface area contributed by atoms with E-state index in [1.54, 1.807) is 0 Å². The number of aryl methyl sites for hydroxylation is 2. The van der Waals surface area contributed by atoms with Crippen molar-refractivity contribution in [1.82, 2.24) is 9.55 Å². The zero-order chi connectivity index (χ0) is 10.3. The standard InChI is InChI=1S/C11H19N3/c1-5-14-7-8(2)12-10(14)13-9-6-11(9,3)4/h7,9H,5-6H2,1-4H3,(H,12,13). The summed E-state index contributed by atoms with van der Waals surface area (Å²) in [7, 11) is 0. The number of nitrogens with zero attached hydrogens (tertiary/aromatic N) is 2. The van der Waals surface area contributed by atoms with Crippen LogP contribution in [0.15, 0.2) is 6.20 Å². The normalized spacial score (nSPS) is 23.6. The van der Waals surface area contributed by atoms with Crippen LogP contribution in [0.3, 0.4) is 0 Å². The van der Waals surface area contributed by atoms with Crippen molar-refractivity contribution in [1.29, 1.82) is 0 Å². The Morgan fingerprint density at radius 3 is 2.79 bits per heavy atom. The minimum atomic E-state index is 0.457. The second-order valence-corrected chi connectivity index (χ2v) is 4.88. The molecule has 0 amide bonds. The molecule has 0 bridgehead atoms. The molecule has 1 N–H and O–H groups in total. The van der Waals surface area contributed by atoms with Crippen LogP contribution in [0.25, 0.3) is 0 Å². The van der Waals surface area contributed by atoms with E-state index in [1.165, 1.54) is 6.42 Å². The highest BCUT2D eigenvalue weighted by atomic mass is 15.2. The summed E-state index contributed by atoms with van der Waals surface area (Å²) < 4.78 is 2.17. The average Bonchev–Trinajstić information content (AvgIpc) is 2.55. The van der Waals surface area contributed by atoms with Crippen molar-refractivity contribution >= 4 is 5.95 Å². The summed E-state index contributed by atoms with van der Waals surface area (Å²) in [5.74, 6) is 1.03. The highest BCUT2D eigenvalue weighted by Gasteiger charge is 2.46. The maximum absolute atomic E-state index is 4.48. The van der Waals surface area contributed by atoms with E-state index in [0.717, 1.165) is 18.2 Å². The zero-order valence-corrected chi connectivity index (χ0v) is 9.46. The van der Waals surface area contributed by atoms with Gasteiger partial charge in [-0.2, -0.15) is 0 Å². The van der Waals surface area contributed by atoms with Crippen molar-refractivity contribution in [2.24, 2.45) is 5.41 Å². The predicted molar refractivity (Wildman–Crippen MR) is 58.4 cm³/mol. The Bertz CT molecular complexity index is 338. The lowest BCUT2D eigenvalue weighted by Crippen LogP contribution is -2.12. The van der Waals surface area contributed by atoms with E-state index >= 15 is 0 Å². The molecule has 1 aromatic rings. The molecule has 0 saturated heterocycles. The Morgan fingerprint density at radius 1 is 1.64 bits per heavy atom. The second kappa shape index (κ2) is 3.01.